The van der Waals surface area contributed by atoms with Crippen molar-refractivity contribution in [2.45, 2.75) is 38.8 Å². The van der Waals surface area contributed by atoms with E-state index in [0.29, 0.717) is 17.9 Å². The molecule has 0 radical (unpaired) electrons. The minimum absolute atomic E-state index is 0.0957. The molecule has 2 heterocycles. The highest BCUT2D eigenvalue weighted by molar-refractivity contribution is 7.18. The maximum atomic E-state index is 13.3. The van der Waals surface area contributed by atoms with Gasteiger partial charge in [0.15, 0.2) is 11.6 Å². The van der Waals surface area contributed by atoms with Crippen molar-refractivity contribution in [2.75, 3.05) is 0 Å². The highest BCUT2D eigenvalue weighted by Crippen LogP contribution is 2.34. The van der Waals surface area contributed by atoms with Crippen molar-refractivity contribution in [1.29, 1.82) is 0 Å². The average molecular weight is 361 g/mol. The third-order valence-corrected chi connectivity index (χ3v) is 5.83. The number of aryl methyl sites for hydroxylation is 2. The Labute approximate surface area is 146 Å². The van der Waals surface area contributed by atoms with Gasteiger partial charge in [-0.05, 0) is 49.4 Å². The van der Waals surface area contributed by atoms with Gasteiger partial charge in [-0.15, -0.1) is 11.3 Å². The minimum atomic E-state index is -0.868. The number of nitrogens with zero attached hydrogens (tertiary/aromatic N) is 1. The fourth-order valence-electron chi connectivity index (χ4n) is 3.28. The zero-order chi connectivity index (χ0) is 17.6. The molecule has 2 N–H and O–H groups in total. The molecule has 1 atom stereocenters. The molecule has 1 aromatic carbocycles. The van der Waals surface area contributed by atoms with E-state index in [1.54, 1.807) is 17.4 Å². The zero-order valence-corrected chi connectivity index (χ0v) is 14.5. The SMILES string of the molecule is C[C@H](NCc1nc2sc3c(c2c(=O)[nH]1)CCC3)c1ccc(F)c(F)c1. The van der Waals surface area contributed by atoms with Gasteiger partial charge in [0.25, 0.3) is 5.56 Å². The smallest absolute Gasteiger partial charge is 0.259 e. The van der Waals surface area contributed by atoms with Crippen molar-refractivity contribution in [3.8, 4) is 0 Å². The predicted octanol–water partition coefficient (Wildman–Crippen LogP) is 3.60. The maximum absolute atomic E-state index is 13.3. The lowest BCUT2D eigenvalue weighted by Crippen LogP contribution is -2.22. The van der Waals surface area contributed by atoms with Crippen LogP contribution in [0.15, 0.2) is 23.0 Å². The van der Waals surface area contributed by atoms with E-state index in [9.17, 15) is 13.6 Å². The van der Waals surface area contributed by atoms with Crippen LogP contribution in [0.1, 0.15) is 41.2 Å². The molecule has 0 aliphatic heterocycles. The van der Waals surface area contributed by atoms with Gasteiger partial charge in [0.1, 0.15) is 10.7 Å². The molecule has 4 nitrogen and oxygen atoms in total. The van der Waals surface area contributed by atoms with Gasteiger partial charge >= 0.3 is 0 Å². The second-order valence-corrected chi connectivity index (χ2v) is 7.41. The van der Waals surface area contributed by atoms with E-state index in [-0.39, 0.29) is 11.6 Å². The second kappa shape index (κ2) is 6.31. The first kappa shape index (κ1) is 16.4. The van der Waals surface area contributed by atoms with Gasteiger partial charge in [0, 0.05) is 10.9 Å². The number of aromatic nitrogens is 2. The summed E-state index contributed by atoms with van der Waals surface area (Å²) in [6.07, 6.45) is 3.08. The zero-order valence-electron chi connectivity index (χ0n) is 13.7. The lowest BCUT2D eigenvalue weighted by Gasteiger charge is -2.14. The first-order chi connectivity index (χ1) is 12.0. The number of rotatable bonds is 4. The third kappa shape index (κ3) is 2.98. The summed E-state index contributed by atoms with van der Waals surface area (Å²) in [5, 5.41) is 3.92. The first-order valence-corrected chi connectivity index (χ1v) is 9.06. The molecule has 0 fully saturated rings. The van der Waals surface area contributed by atoms with Gasteiger partial charge < -0.3 is 10.3 Å². The quantitative estimate of drug-likeness (QED) is 0.746. The first-order valence-electron chi connectivity index (χ1n) is 8.24. The fraction of sp³-hybridized carbons (Fsp3) is 0.333. The summed E-state index contributed by atoms with van der Waals surface area (Å²) in [6.45, 7) is 2.19. The summed E-state index contributed by atoms with van der Waals surface area (Å²) in [7, 11) is 0. The fourth-order valence-corrected chi connectivity index (χ4v) is 4.56. The van der Waals surface area contributed by atoms with Crippen LogP contribution < -0.4 is 10.9 Å². The van der Waals surface area contributed by atoms with Gasteiger partial charge in [-0.25, -0.2) is 13.8 Å². The Balaban J connectivity index is 1.55. The molecule has 7 heteroatoms. The van der Waals surface area contributed by atoms with E-state index < -0.39 is 11.6 Å². The summed E-state index contributed by atoms with van der Waals surface area (Å²) in [5.74, 6) is -1.18. The molecule has 130 valence electrons. The molecule has 0 saturated carbocycles. The van der Waals surface area contributed by atoms with Gasteiger partial charge in [-0.2, -0.15) is 0 Å². The highest BCUT2D eigenvalue weighted by Gasteiger charge is 2.21. The summed E-state index contributed by atoms with van der Waals surface area (Å²) < 4.78 is 26.4. The molecule has 0 saturated heterocycles. The number of H-pyrrole nitrogens is 1. The van der Waals surface area contributed by atoms with Crippen LogP contribution in [0.4, 0.5) is 8.78 Å². The second-order valence-electron chi connectivity index (χ2n) is 6.33. The summed E-state index contributed by atoms with van der Waals surface area (Å²) in [6, 6.07) is 3.63. The van der Waals surface area contributed by atoms with Crippen LogP contribution in [0.25, 0.3) is 10.2 Å². The van der Waals surface area contributed by atoms with E-state index in [1.165, 1.54) is 10.9 Å². The summed E-state index contributed by atoms with van der Waals surface area (Å²) in [4.78, 5) is 21.9. The molecule has 0 bridgehead atoms. The number of benzene rings is 1. The Morgan fingerprint density at radius 2 is 2.16 bits per heavy atom. The normalized spacial score (nSPS) is 14.8. The number of hydrogen-bond donors (Lipinski definition) is 2. The predicted molar refractivity (Wildman–Crippen MR) is 93.9 cm³/mol. The molecular weight excluding hydrogens is 344 g/mol. The van der Waals surface area contributed by atoms with Crippen molar-refractivity contribution in [3.63, 3.8) is 0 Å². The average Bonchev–Trinajstić information content (AvgIpc) is 3.15. The van der Waals surface area contributed by atoms with Gasteiger partial charge in [-0.1, -0.05) is 6.07 Å². The Morgan fingerprint density at radius 1 is 1.32 bits per heavy atom. The van der Waals surface area contributed by atoms with E-state index in [1.807, 2.05) is 6.92 Å². The van der Waals surface area contributed by atoms with Crippen molar-refractivity contribution in [3.05, 3.63) is 62.0 Å². The van der Waals surface area contributed by atoms with Crippen molar-refractivity contribution in [2.24, 2.45) is 0 Å². The lowest BCUT2D eigenvalue weighted by atomic mass is 10.1. The van der Waals surface area contributed by atoms with Crippen LogP contribution >= 0.6 is 11.3 Å². The topological polar surface area (TPSA) is 57.8 Å². The van der Waals surface area contributed by atoms with Crippen LogP contribution in [0.2, 0.25) is 0 Å². The number of hydrogen-bond acceptors (Lipinski definition) is 4. The van der Waals surface area contributed by atoms with Crippen molar-refractivity contribution >= 4 is 21.6 Å². The molecule has 0 spiro atoms. The molecule has 1 aliphatic rings. The van der Waals surface area contributed by atoms with Crippen LogP contribution in [0, 0.1) is 11.6 Å². The Bertz CT molecular complexity index is 1010. The van der Waals surface area contributed by atoms with Gasteiger partial charge in [-0.3, -0.25) is 4.79 Å². The van der Waals surface area contributed by atoms with Crippen molar-refractivity contribution < 1.29 is 8.78 Å². The number of fused-ring (bicyclic) bond motifs is 3. The largest absolute Gasteiger partial charge is 0.309 e. The van der Waals surface area contributed by atoms with Crippen LogP contribution in [-0.2, 0) is 19.4 Å². The third-order valence-electron chi connectivity index (χ3n) is 4.64. The molecule has 25 heavy (non-hydrogen) atoms. The summed E-state index contributed by atoms with van der Waals surface area (Å²) in [5.41, 5.74) is 1.70. The molecule has 0 amide bonds. The van der Waals surface area contributed by atoms with Crippen molar-refractivity contribution in [1.82, 2.24) is 15.3 Å². The standard InChI is InChI=1S/C18H17F2N3OS/c1-9(10-5-6-12(19)13(20)7-10)21-8-15-22-17(24)16-11-3-2-4-14(11)25-18(16)23-15/h5-7,9,21H,2-4,8H2,1H3,(H,22,23,24)/t9-/m0/s1. The Kier molecular flexibility index (Phi) is 4.13. The Morgan fingerprint density at radius 3 is 2.96 bits per heavy atom. The van der Waals surface area contributed by atoms with E-state index >= 15 is 0 Å². The molecular formula is C18H17F2N3OS. The van der Waals surface area contributed by atoms with Crippen LogP contribution in [0.3, 0.4) is 0 Å². The molecule has 3 aromatic rings. The van der Waals surface area contributed by atoms with Gasteiger partial charge in [0.05, 0.1) is 11.9 Å². The molecule has 2 aromatic heterocycles. The Hall–Kier alpha value is -2.12. The lowest BCUT2D eigenvalue weighted by molar-refractivity contribution is 0.499. The van der Waals surface area contributed by atoms with E-state index in [2.05, 4.69) is 15.3 Å². The number of aromatic amines is 1. The van der Waals surface area contributed by atoms with Crippen LogP contribution in [0.5, 0.6) is 0 Å². The molecule has 4 rings (SSSR count). The summed E-state index contributed by atoms with van der Waals surface area (Å²) >= 11 is 1.60. The minimum Gasteiger partial charge on any atom is -0.309 e. The van der Waals surface area contributed by atoms with E-state index in [4.69, 9.17) is 0 Å². The van der Waals surface area contributed by atoms with Crippen LogP contribution in [-0.4, -0.2) is 9.97 Å². The number of nitrogens with one attached hydrogen (secondary N) is 2. The maximum Gasteiger partial charge on any atom is 0.259 e. The highest BCUT2D eigenvalue weighted by atomic mass is 32.1. The van der Waals surface area contributed by atoms with E-state index in [0.717, 1.165) is 41.1 Å². The number of thiophene rings is 1. The number of halogens is 2. The molecule has 1 aliphatic carbocycles. The monoisotopic (exact) mass is 361 g/mol. The molecule has 0 unspecified atom stereocenters. The van der Waals surface area contributed by atoms with Gasteiger partial charge in [0.2, 0.25) is 0 Å².